The van der Waals surface area contributed by atoms with Crippen molar-refractivity contribution < 1.29 is 19.0 Å². The molecule has 2 rings (SSSR count). The molecule has 5 nitrogen and oxygen atoms in total. The van der Waals surface area contributed by atoms with Gasteiger partial charge in [0.25, 0.3) is 5.91 Å². The minimum atomic E-state index is -0.0896. The van der Waals surface area contributed by atoms with Crippen LogP contribution in [-0.4, -0.2) is 25.2 Å². The number of methoxy groups -OCH3 is 1. The summed E-state index contributed by atoms with van der Waals surface area (Å²) in [5.41, 5.74) is 2.36. The van der Waals surface area contributed by atoms with E-state index in [0.29, 0.717) is 30.2 Å². The third-order valence-corrected chi connectivity index (χ3v) is 3.25. The summed E-state index contributed by atoms with van der Waals surface area (Å²) in [5.74, 6) is 1.24. The van der Waals surface area contributed by atoms with Gasteiger partial charge in [0.15, 0.2) is 0 Å². The highest BCUT2D eigenvalue weighted by atomic mass is 16.5. The van der Waals surface area contributed by atoms with Crippen LogP contribution in [0.3, 0.4) is 0 Å². The van der Waals surface area contributed by atoms with Crippen molar-refractivity contribution in [3.63, 3.8) is 0 Å². The van der Waals surface area contributed by atoms with E-state index in [1.807, 2.05) is 27.7 Å². The van der Waals surface area contributed by atoms with Gasteiger partial charge in [0, 0.05) is 12.1 Å². The van der Waals surface area contributed by atoms with Gasteiger partial charge in [-0.1, -0.05) is 0 Å². The van der Waals surface area contributed by atoms with Gasteiger partial charge in [-0.2, -0.15) is 0 Å². The molecule has 0 unspecified atom stereocenters. The van der Waals surface area contributed by atoms with E-state index in [4.69, 9.17) is 14.2 Å². The number of fused-ring (bicyclic) bond motifs is 1. The van der Waals surface area contributed by atoms with Crippen molar-refractivity contribution in [3.05, 3.63) is 22.8 Å². The fraction of sp³-hybridized carbons (Fsp3) is 0.562. The smallest absolute Gasteiger partial charge is 0.252 e. The minimum absolute atomic E-state index is 0.00899. The molecule has 0 aliphatic carbocycles. The summed E-state index contributed by atoms with van der Waals surface area (Å²) in [6.45, 7) is 8.76. The maximum absolute atomic E-state index is 11.9. The molecule has 1 aromatic carbocycles. The molecule has 0 bridgehead atoms. The Morgan fingerprint density at radius 3 is 2.52 bits per heavy atom. The van der Waals surface area contributed by atoms with Gasteiger partial charge in [-0.15, -0.1) is 0 Å². The van der Waals surface area contributed by atoms with Gasteiger partial charge in [-0.05, 0) is 33.8 Å². The number of carbonyl (C=O) groups is 1. The van der Waals surface area contributed by atoms with Crippen molar-refractivity contribution in [3.8, 4) is 11.5 Å². The summed E-state index contributed by atoms with van der Waals surface area (Å²) >= 11 is 0. The number of amides is 1. The average molecular weight is 293 g/mol. The molecule has 21 heavy (non-hydrogen) atoms. The van der Waals surface area contributed by atoms with Gasteiger partial charge in [0.2, 0.25) is 0 Å². The second kappa shape index (κ2) is 6.35. The summed E-state index contributed by atoms with van der Waals surface area (Å²) in [4.78, 5) is 11.9. The van der Waals surface area contributed by atoms with E-state index >= 15 is 0 Å². The highest BCUT2D eigenvalue weighted by Gasteiger charge is 2.28. The van der Waals surface area contributed by atoms with E-state index < -0.39 is 0 Å². The third kappa shape index (κ3) is 3.29. The van der Waals surface area contributed by atoms with Crippen LogP contribution in [0.1, 0.15) is 49.2 Å². The number of hydrogen-bond acceptors (Lipinski definition) is 4. The second-order valence-electron chi connectivity index (χ2n) is 5.62. The minimum Gasteiger partial charge on any atom is -0.496 e. The molecule has 0 spiro atoms. The molecule has 1 aliphatic heterocycles. The van der Waals surface area contributed by atoms with Crippen LogP contribution >= 0.6 is 0 Å². The molecule has 0 saturated heterocycles. The maximum atomic E-state index is 11.9. The first-order valence-electron chi connectivity index (χ1n) is 7.23. The largest absolute Gasteiger partial charge is 0.496 e. The summed E-state index contributed by atoms with van der Waals surface area (Å²) in [6.07, 6.45) is 0.115. The molecule has 0 aromatic heterocycles. The van der Waals surface area contributed by atoms with E-state index in [9.17, 15) is 4.79 Å². The van der Waals surface area contributed by atoms with Gasteiger partial charge in [0.1, 0.15) is 11.5 Å². The van der Waals surface area contributed by atoms with Gasteiger partial charge in [-0.25, -0.2) is 0 Å². The van der Waals surface area contributed by atoms with Crippen LogP contribution < -0.4 is 14.8 Å². The Morgan fingerprint density at radius 1 is 1.24 bits per heavy atom. The predicted octanol–water partition coefficient (Wildman–Crippen LogP) is 2.65. The molecule has 1 amide bonds. The number of benzene rings is 1. The van der Waals surface area contributed by atoms with Crippen molar-refractivity contribution in [2.24, 2.45) is 0 Å². The molecular weight excluding hydrogens is 270 g/mol. The van der Waals surface area contributed by atoms with Crippen LogP contribution in [0.5, 0.6) is 11.5 Å². The Hall–Kier alpha value is -1.75. The average Bonchev–Trinajstić information content (AvgIpc) is 2.78. The van der Waals surface area contributed by atoms with Gasteiger partial charge >= 0.3 is 0 Å². The normalized spacial score (nSPS) is 13.6. The number of rotatable bonds is 6. The quantitative estimate of drug-likeness (QED) is 0.876. The van der Waals surface area contributed by atoms with Crippen molar-refractivity contribution in [2.75, 3.05) is 7.11 Å². The van der Waals surface area contributed by atoms with Crippen LogP contribution in [0.25, 0.3) is 0 Å². The molecule has 1 aromatic rings. The van der Waals surface area contributed by atoms with Crippen molar-refractivity contribution in [1.82, 2.24) is 5.32 Å². The van der Waals surface area contributed by atoms with Crippen LogP contribution in [0.4, 0.5) is 0 Å². The van der Waals surface area contributed by atoms with Crippen molar-refractivity contribution in [2.45, 2.75) is 53.1 Å². The topological polar surface area (TPSA) is 56.8 Å². The van der Waals surface area contributed by atoms with E-state index in [1.54, 1.807) is 13.2 Å². The number of ether oxygens (including phenoxy) is 3. The standard InChI is InChI=1S/C16H23NO4/c1-9(2)20-8-13-14(19-5)6-11-12(7-17-16(11)18)15(13)21-10(3)4/h6,9-10H,7-8H2,1-5H3,(H,17,18). The number of carbonyl (C=O) groups excluding carboxylic acids is 1. The zero-order chi connectivity index (χ0) is 15.6. The van der Waals surface area contributed by atoms with E-state index in [0.717, 1.165) is 11.1 Å². The number of hydrogen-bond donors (Lipinski definition) is 1. The third-order valence-electron chi connectivity index (χ3n) is 3.25. The van der Waals surface area contributed by atoms with Gasteiger partial charge in [-0.3, -0.25) is 4.79 Å². The second-order valence-corrected chi connectivity index (χ2v) is 5.62. The van der Waals surface area contributed by atoms with Crippen molar-refractivity contribution >= 4 is 5.91 Å². The first-order valence-corrected chi connectivity index (χ1v) is 7.23. The van der Waals surface area contributed by atoms with Crippen LogP contribution in [-0.2, 0) is 17.9 Å². The number of nitrogens with one attached hydrogen (secondary N) is 1. The Morgan fingerprint density at radius 2 is 1.95 bits per heavy atom. The summed E-state index contributed by atoms with van der Waals surface area (Å²) in [6, 6.07) is 1.77. The van der Waals surface area contributed by atoms with E-state index in [1.165, 1.54) is 0 Å². The summed E-state index contributed by atoms with van der Waals surface area (Å²) < 4.78 is 17.1. The molecule has 0 radical (unpaired) electrons. The van der Waals surface area contributed by atoms with E-state index in [-0.39, 0.29) is 18.1 Å². The lowest BCUT2D eigenvalue weighted by Crippen LogP contribution is -2.13. The highest BCUT2D eigenvalue weighted by molar-refractivity contribution is 6.00. The molecule has 0 atom stereocenters. The molecule has 0 saturated carbocycles. The molecule has 0 fully saturated rings. The molecular formula is C16H23NO4. The fourth-order valence-electron chi connectivity index (χ4n) is 2.31. The Labute approximate surface area is 125 Å². The van der Waals surface area contributed by atoms with Crippen LogP contribution in [0.2, 0.25) is 0 Å². The lowest BCUT2D eigenvalue weighted by molar-refractivity contribution is 0.0619. The summed E-state index contributed by atoms with van der Waals surface area (Å²) in [7, 11) is 1.59. The molecule has 1 heterocycles. The summed E-state index contributed by atoms with van der Waals surface area (Å²) in [5, 5.41) is 2.83. The lowest BCUT2D eigenvalue weighted by Gasteiger charge is -2.20. The Kier molecular flexibility index (Phi) is 4.73. The van der Waals surface area contributed by atoms with E-state index in [2.05, 4.69) is 5.32 Å². The van der Waals surface area contributed by atoms with Crippen LogP contribution in [0, 0.1) is 0 Å². The van der Waals surface area contributed by atoms with Crippen molar-refractivity contribution in [1.29, 1.82) is 0 Å². The predicted molar refractivity (Wildman–Crippen MR) is 79.9 cm³/mol. The van der Waals surface area contributed by atoms with Crippen LogP contribution in [0.15, 0.2) is 6.07 Å². The zero-order valence-corrected chi connectivity index (χ0v) is 13.3. The molecule has 1 N–H and O–H groups in total. The first-order chi connectivity index (χ1) is 9.93. The monoisotopic (exact) mass is 293 g/mol. The molecule has 116 valence electrons. The highest BCUT2D eigenvalue weighted by Crippen LogP contribution is 2.38. The Bertz CT molecular complexity index is 538. The molecule has 5 heteroatoms. The lowest BCUT2D eigenvalue weighted by atomic mass is 10.0. The van der Waals surface area contributed by atoms with Gasteiger partial charge in [0.05, 0.1) is 37.1 Å². The zero-order valence-electron chi connectivity index (χ0n) is 13.3. The van der Waals surface area contributed by atoms with Gasteiger partial charge < -0.3 is 19.5 Å². The SMILES string of the molecule is COc1cc2c(c(OC(C)C)c1COC(C)C)CNC2=O. The maximum Gasteiger partial charge on any atom is 0.252 e. The first kappa shape index (κ1) is 15.6. The molecule has 1 aliphatic rings. The Balaban J connectivity index is 2.51. The fourth-order valence-corrected chi connectivity index (χ4v) is 2.31.